The smallest absolute Gasteiger partial charge is 0.377 e. The van der Waals surface area contributed by atoms with E-state index in [9.17, 15) is 76.3 Å². The molecule has 0 radical (unpaired) electrons. The maximum absolute atomic E-state index is 13.3. The van der Waals surface area contributed by atoms with Gasteiger partial charge >= 0.3 is 80.9 Å². The van der Waals surface area contributed by atoms with Crippen molar-refractivity contribution in [3.05, 3.63) is 0 Å². The van der Waals surface area contributed by atoms with E-state index in [2.05, 4.69) is 5.32 Å². The first-order valence-electron chi connectivity index (χ1n) is 28.2. The van der Waals surface area contributed by atoms with E-state index in [1.54, 1.807) is 0 Å². The molecule has 0 aromatic carbocycles. The van der Waals surface area contributed by atoms with Gasteiger partial charge in [-0.25, -0.2) is 14.4 Å². The van der Waals surface area contributed by atoms with Gasteiger partial charge in [0.25, 0.3) is 17.7 Å². The van der Waals surface area contributed by atoms with Crippen molar-refractivity contribution in [2.45, 2.75) is 181 Å². The summed E-state index contributed by atoms with van der Waals surface area (Å²) in [7, 11) is -5.49. The average molecular weight is 1340 g/mol. The Labute approximate surface area is 518 Å². The summed E-state index contributed by atoms with van der Waals surface area (Å²) in [6.07, 6.45) is -20.1. The third kappa shape index (κ3) is 35.4. The molecule has 0 bridgehead atoms. The quantitative estimate of drug-likeness (QED) is 0.0151. The van der Waals surface area contributed by atoms with E-state index in [-0.39, 0.29) is 115 Å². The molecule has 90 heavy (non-hydrogen) atoms. The van der Waals surface area contributed by atoms with Gasteiger partial charge in [-0.1, -0.05) is 55.4 Å². The van der Waals surface area contributed by atoms with Gasteiger partial charge in [-0.3, -0.25) is 61.9 Å². The molecule has 3 amide bonds. The Hall–Kier alpha value is -7.04. The second-order valence-corrected chi connectivity index (χ2v) is 21.7. The minimum absolute atomic E-state index is 0.0540. The van der Waals surface area contributed by atoms with Gasteiger partial charge in [0.15, 0.2) is 24.4 Å². The van der Waals surface area contributed by atoms with Crippen molar-refractivity contribution in [3.63, 3.8) is 0 Å². The first-order valence-corrected chi connectivity index (χ1v) is 31.8. The van der Waals surface area contributed by atoms with E-state index in [4.69, 9.17) is 87.0 Å². The van der Waals surface area contributed by atoms with Crippen LogP contribution in [0.15, 0.2) is 0 Å². The van der Waals surface area contributed by atoms with Gasteiger partial charge in [-0.15, -0.1) is 5.06 Å². The summed E-state index contributed by atoms with van der Waals surface area (Å²) in [4.78, 5) is 215. The van der Waals surface area contributed by atoms with Crippen LogP contribution in [0, 0.1) is 0 Å². The topological polar surface area (TPSA) is 515 Å². The van der Waals surface area contributed by atoms with Crippen molar-refractivity contribution < 1.29 is 158 Å². The highest BCUT2D eigenvalue weighted by Crippen LogP contribution is 2.35. The van der Waals surface area contributed by atoms with Crippen molar-refractivity contribution in [2.24, 2.45) is 5.73 Å². The SMILES string of the molecule is CCC(=O)OC(C(=O)NCCCP(=O)(O)O)C(OC(=O)CC)C(OC(=O)CC)C(OC(=O)CC)C(=O)OCCOC.CCC(=O)OC(C(=O)OCCOC)C(OC(=O)CC)C(OC(=O)CC)C(OC(=O)CC)C(=O)ON1C(=O)CCC1=O.NCCCP(=O)(O)O. The van der Waals surface area contributed by atoms with Crippen molar-refractivity contribution in [1.82, 2.24) is 10.4 Å². The predicted molar refractivity (Wildman–Crippen MR) is 299 cm³/mol. The molecule has 516 valence electrons. The lowest BCUT2D eigenvalue weighted by Crippen LogP contribution is -2.58. The fraction of sp³-hybridized carbons (Fsp3) is 0.731. The van der Waals surface area contributed by atoms with Crippen LogP contribution in [0.3, 0.4) is 0 Å². The van der Waals surface area contributed by atoms with E-state index in [0.29, 0.717) is 13.0 Å². The zero-order valence-corrected chi connectivity index (χ0v) is 53.6. The third-order valence-corrected chi connectivity index (χ3v) is 12.8. The number of nitrogens with one attached hydrogen (secondary N) is 1. The van der Waals surface area contributed by atoms with Gasteiger partial charge in [0.05, 0.1) is 25.5 Å². The molecule has 1 aliphatic heterocycles. The van der Waals surface area contributed by atoms with Crippen molar-refractivity contribution >= 4 is 98.6 Å². The highest BCUT2D eigenvalue weighted by molar-refractivity contribution is 7.52. The summed E-state index contributed by atoms with van der Waals surface area (Å²) in [5.41, 5.74) is 4.99. The molecule has 1 aliphatic rings. The van der Waals surface area contributed by atoms with Gasteiger partial charge in [-0.05, 0) is 19.4 Å². The molecule has 1 rings (SSSR count). The number of hydrogen-bond acceptors (Lipinski definition) is 30. The number of carbonyl (C=O) groups is 14. The van der Waals surface area contributed by atoms with E-state index in [1.807, 2.05) is 0 Å². The Morgan fingerprint density at radius 2 is 0.722 bits per heavy atom. The molecule has 0 aromatic rings. The van der Waals surface area contributed by atoms with Crippen LogP contribution < -0.4 is 11.1 Å². The van der Waals surface area contributed by atoms with Crippen LogP contribution in [0.25, 0.3) is 0 Å². The van der Waals surface area contributed by atoms with Crippen LogP contribution in [0.2, 0.25) is 0 Å². The average Bonchev–Trinajstić information content (AvgIpc) is 1.73. The van der Waals surface area contributed by atoms with Crippen LogP contribution in [-0.4, -0.2) is 223 Å². The standard InChI is InChI=1S/C25H35NO15.C24H40NO15P.C3H10NO3P/c1-6-16(29)37-20(22(39-18(31)8-3)24(33)36-13-12-35-5)21(38-17(30)7-2)23(40-19(32)9-4)25(34)41-26-14(27)10-11-15(26)28;1-6-15(26)37-19(21(39-17(28)8-3)23(30)25-11-10-14-41(32,33)34)20(38-16(27)7-2)22(40-18(29)9-4)24(31)36-13-12-35-5;4-2-1-3-8(5,6)7/h20-23H,6-13H2,1-5H3;19-22H,6-14H2,1-5H3,(H,25,30)(H2,32,33,34);1-4H2,(H2,5,6,7). The van der Waals surface area contributed by atoms with Gasteiger partial charge in [0.1, 0.15) is 13.2 Å². The van der Waals surface area contributed by atoms with E-state index < -0.39 is 154 Å². The zero-order valence-electron chi connectivity index (χ0n) is 51.8. The Morgan fingerprint density at radius 3 is 1.00 bits per heavy atom. The highest BCUT2D eigenvalue weighted by atomic mass is 31.2. The molecule has 8 atom stereocenters. The fourth-order valence-electron chi connectivity index (χ4n) is 6.37. The summed E-state index contributed by atoms with van der Waals surface area (Å²) in [5, 5.41) is 2.46. The molecule has 0 spiro atoms. The highest BCUT2D eigenvalue weighted by Gasteiger charge is 2.53. The van der Waals surface area contributed by atoms with E-state index in [0.717, 1.165) is 0 Å². The fourth-order valence-corrected chi connectivity index (χ4v) is 7.54. The van der Waals surface area contributed by atoms with E-state index in [1.165, 1.54) is 69.6 Å². The number of carbonyl (C=O) groups excluding carboxylic acids is 14. The van der Waals surface area contributed by atoms with Crippen LogP contribution in [-0.2, 0) is 138 Å². The lowest BCUT2D eigenvalue weighted by Gasteiger charge is -2.34. The normalized spacial score (nSPS) is 14.6. The van der Waals surface area contributed by atoms with Gasteiger partial charge in [0, 0.05) is 85.0 Å². The number of nitrogens with two attached hydrogens (primary N) is 1. The molecule has 1 fully saturated rings. The molecule has 0 aliphatic carbocycles. The lowest BCUT2D eigenvalue weighted by molar-refractivity contribution is -0.223. The maximum Gasteiger partial charge on any atom is 0.377 e. The number of hydroxylamine groups is 2. The third-order valence-electron chi connectivity index (χ3n) is 11.0. The molecule has 1 heterocycles. The molecule has 0 aromatic heterocycles. The molecular formula is C52H85N3O33P2. The van der Waals surface area contributed by atoms with Gasteiger partial charge in [-0.2, -0.15) is 0 Å². The van der Waals surface area contributed by atoms with E-state index >= 15 is 0 Å². The monoisotopic (exact) mass is 1340 g/mol. The molecule has 8 unspecified atom stereocenters. The minimum Gasteiger partial charge on any atom is -0.460 e. The molecule has 38 heteroatoms. The number of hydrogen-bond donors (Lipinski definition) is 6. The lowest BCUT2D eigenvalue weighted by atomic mass is 10.0. The molecule has 7 N–H and O–H groups in total. The number of ether oxygens (including phenoxy) is 12. The summed E-state index contributed by atoms with van der Waals surface area (Å²) in [6.45, 7) is 10.4. The first-order chi connectivity index (χ1) is 42.2. The largest absolute Gasteiger partial charge is 0.460 e. The van der Waals surface area contributed by atoms with Crippen LogP contribution in [0.4, 0.5) is 0 Å². The summed E-state index contributed by atoms with van der Waals surface area (Å²) < 4.78 is 83.1. The Kier molecular flexibility index (Phi) is 43.5. The minimum atomic E-state index is -4.38. The van der Waals surface area contributed by atoms with Gasteiger partial charge in [0.2, 0.25) is 24.4 Å². The number of methoxy groups -OCH3 is 2. The summed E-state index contributed by atoms with van der Waals surface area (Å²) >= 11 is 0. The predicted octanol–water partition coefficient (Wildman–Crippen LogP) is -0.269. The van der Waals surface area contributed by atoms with Crippen molar-refractivity contribution in [1.29, 1.82) is 0 Å². The van der Waals surface area contributed by atoms with Crippen LogP contribution in [0.5, 0.6) is 0 Å². The molecular weight excluding hydrogens is 1260 g/mol. The zero-order chi connectivity index (χ0) is 69.3. The maximum atomic E-state index is 13.3. The first kappa shape index (κ1) is 85.0. The Bertz CT molecular complexity index is 2450. The Morgan fingerprint density at radius 1 is 0.444 bits per heavy atom. The number of esters is 10. The van der Waals surface area contributed by atoms with Gasteiger partial charge < -0.3 is 92.3 Å². The van der Waals surface area contributed by atoms with Crippen molar-refractivity contribution in [2.75, 3.05) is 66.1 Å². The second kappa shape index (κ2) is 46.1. The second-order valence-electron chi connectivity index (χ2n) is 18.2. The molecule has 36 nitrogen and oxygen atoms in total. The van der Waals surface area contributed by atoms with Crippen LogP contribution >= 0.6 is 15.2 Å². The Balaban J connectivity index is 0. The molecule has 1 saturated heterocycles. The number of nitrogens with zero attached hydrogens (tertiary/aromatic N) is 1. The van der Waals surface area contributed by atoms with Crippen LogP contribution in [0.1, 0.15) is 132 Å². The van der Waals surface area contributed by atoms with Crippen molar-refractivity contribution in [3.8, 4) is 0 Å². The molecule has 0 saturated carbocycles. The number of rotatable bonds is 40. The summed E-state index contributed by atoms with van der Waals surface area (Å²) in [6, 6.07) is 0. The number of amides is 3. The summed E-state index contributed by atoms with van der Waals surface area (Å²) in [5.74, 6) is -14.9. The number of imide groups is 1.